The third kappa shape index (κ3) is 3.07. The molecular formula is C20H19ClN2O3. The summed E-state index contributed by atoms with van der Waals surface area (Å²) < 4.78 is 16.6. The molecule has 2 heterocycles. The summed E-state index contributed by atoms with van der Waals surface area (Å²) >= 11 is 6.15. The highest BCUT2D eigenvalue weighted by molar-refractivity contribution is 6.32. The summed E-state index contributed by atoms with van der Waals surface area (Å²) in [5.74, 6) is 1.57. The molecule has 0 atom stereocenters. The lowest BCUT2D eigenvalue weighted by Crippen LogP contribution is -2.40. The molecule has 2 aliphatic rings. The van der Waals surface area contributed by atoms with Gasteiger partial charge >= 0.3 is 0 Å². The minimum Gasteiger partial charge on any atom is -0.454 e. The average molecular weight is 371 g/mol. The van der Waals surface area contributed by atoms with Gasteiger partial charge in [0.05, 0.1) is 16.3 Å². The first kappa shape index (κ1) is 17.0. The summed E-state index contributed by atoms with van der Waals surface area (Å²) in [5, 5.41) is 13.3. The Kier molecular flexibility index (Phi) is 4.62. The average Bonchev–Trinajstić information content (AvgIpc) is 3.15. The van der Waals surface area contributed by atoms with E-state index in [0.717, 1.165) is 30.0 Å². The van der Waals surface area contributed by atoms with Gasteiger partial charge in [-0.05, 0) is 42.7 Å². The molecule has 0 radical (unpaired) electrons. The molecule has 0 aromatic heterocycles. The van der Waals surface area contributed by atoms with Crippen molar-refractivity contribution in [1.29, 1.82) is 5.26 Å². The van der Waals surface area contributed by atoms with E-state index in [0.29, 0.717) is 30.3 Å². The number of nitriles is 1. The monoisotopic (exact) mass is 370 g/mol. The molecule has 5 nitrogen and oxygen atoms in total. The van der Waals surface area contributed by atoms with Crippen LogP contribution in [0, 0.1) is 11.3 Å². The van der Waals surface area contributed by atoms with Crippen molar-refractivity contribution in [2.75, 3.05) is 31.9 Å². The van der Waals surface area contributed by atoms with Crippen LogP contribution in [0.1, 0.15) is 24.0 Å². The molecule has 2 aromatic carbocycles. The van der Waals surface area contributed by atoms with Crippen LogP contribution in [-0.4, -0.2) is 26.6 Å². The molecule has 0 unspecified atom stereocenters. The summed E-state index contributed by atoms with van der Waals surface area (Å²) in [5.41, 5.74) is 2.32. The highest BCUT2D eigenvalue weighted by atomic mass is 35.5. The Morgan fingerprint density at radius 2 is 1.92 bits per heavy atom. The van der Waals surface area contributed by atoms with Crippen molar-refractivity contribution in [3.63, 3.8) is 0 Å². The van der Waals surface area contributed by atoms with E-state index in [2.05, 4.69) is 23.5 Å². The SMILES string of the molecule is N#Cc1c(Cl)cccc1NCC1(c2ccc3c(c2)OCO3)CCOCC1. The van der Waals surface area contributed by atoms with Gasteiger partial charge in [0.15, 0.2) is 11.5 Å². The lowest BCUT2D eigenvalue weighted by molar-refractivity contribution is 0.0543. The second-order valence-corrected chi connectivity index (χ2v) is 7.00. The van der Waals surface area contributed by atoms with Gasteiger partial charge in [0, 0.05) is 25.2 Å². The molecule has 4 rings (SSSR count). The first-order chi connectivity index (χ1) is 12.7. The number of nitrogens with one attached hydrogen (secondary N) is 1. The maximum absolute atomic E-state index is 9.40. The zero-order valence-electron chi connectivity index (χ0n) is 14.3. The summed E-state index contributed by atoms with van der Waals surface area (Å²) in [6.07, 6.45) is 1.78. The van der Waals surface area contributed by atoms with Crippen LogP contribution < -0.4 is 14.8 Å². The van der Waals surface area contributed by atoms with Crippen molar-refractivity contribution < 1.29 is 14.2 Å². The molecule has 0 spiro atoms. The largest absolute Gasteiger partial charge is 0.454 e. The van der Waals surface area contributed by atoms with Crippen LogP contribution in [0.15, 0.2) is 36.4 Å². The predicted octanol–water partition coefficient (Wildman–Crippen LogP) is 4.10. The smallest absolute Gasteiger partial charge is 0.231 e. The van der Waals surface area contributed by atoms with Crippen molar-refractivity contribution in [2.24, 2.45) is 0 Å². The van der Waals surface area contributed by atoms with Crippen molar-refractivity contribution in [2.45, 2.75) is 18.3 Å². The molecule has 0 bridgehead atoms. The Bertz CT molecular complexity index is 857. The van der Waals surface area contributed by atoms with E-state index in [4.69, 9.17) is 25.8 Å². The number of rotatable bonds is 4. The predicted molar refractivity (Wildman–Crippen MR) is 99.0 cm³/mol. The number of nitrogens with zero attached hydrogens (tertiary/aromatic N) is 1. The summed E-state index contributed by atoms with van der Waals surface area (Å²) in [4.78, 5) is 0. The van der Waals surface area contributed by atoms with Gasteiger partial charge in [0.1, 0.15) is 6.07 Å². The molecule has 1 saturated heterocycles. The number of fused-ring (bicyclic) bond motifs is 1. The summed E-state index contributed by atoms with van der Waals surface area (Å²) in [6, 6.07) is 13.8. The number of anilines is 1. The van der Waals surface area contributed by atoms with E-state index in [9.17, 15) is 5.26 Å². The van der Waals surface area contributed by atoms with Gasteiger partial charge in [-0.3, -0.25) is 0 Å². The molecule has 0 saturated carbocycles. The second-order valence-electron chi connectivity index (χ2n) is 6.59. The number of hydrogen-bond acceptors (Lipinski definition) is 5. The van der Waals surface area contributed by atoms with Gasteiger partial charge < -0.3 is 19.5 Å². The molecule has 2 aliphatic heterocycles. The highest BCUT2D eigenvalue weighted by Gasteiger charge is 2.35. The number of benzene rings is 2. The van der Waals surface area contributed by atoms with Crippen LogP contribution in [0.5, 0.6) is 11.5 Å². The van der Waals surface area contributed by atoms with Crippen molar-refractivity contribution in [3.05, 3.63) is 52.5 Å². The zero-order valence-corrected chi connectivity index (χ0v) is 15.0. The zero-order chi connectivity index (χ0) is 18.0. The summed E-state index contributed by atoms with van der Waals surface area (Å²) in [7, 11) is 0. The highest BCUT2D eigenvalue weighted by Crippen LogP contribution is 2.41. The summed E-state index contributed by atoms with van der Waals surface area (Å²) in [6.45, 7) is 2.36. The van der Waals surface area contributed by atoms with E-state index in [1.54, 1.807) is 6.07 Å². The number of ether oxygens (including phenoxy) is 3. The van der Waals surface area contributed by atoms with Crippen molar-refractivity contribution in [3.8, 4) is 17.6 Å². The van der Waals surface area contributed by atoms with E-state index < -0.39 is 0 Å². The van der Waals surface area contributed by atoms with E-state index >= 15 is 0 Å². The van der Waals surface area contributed by atoms with E-state index in [1.807, 2.05) is 18.2 Å². The molecule has 1 fully saturated rings. The lowest BCUT2D eigenvalue weighted by atomic mass is 9.74. The van der Waals surface area contributed by atoms with E-state index in [1.165, 1.54) is 5.56 Å². The van der Waals surface area contributed by atoms with Crippen LogP contribution in [0.3, 0.4) is 0 Å². The quantitative estimate of drug-likeness (QED) is 0.877. The second kappa shape index (κ2) is 7.06. The van der Waals surface area contributed by atoms with Crippen LogP contribution in [-0.2, 0) is 10.2 Å². The van der Waals surface area contributed by atoms with Gasteiger partial charge in [-0.1, -0.05) is 23.7 Å². The van der Waals surface area contributed by atoms with Crippen LogP contribution >= 0.6 is 11.6 Å². The van der Waals surface area contributed by atoms with Gasteiger partial charge in [-0.15, -0.1) is 0 Å². The fraction of sp³-hybridized carbons (Fsp3) is 0.350. The molecule has 134 valence electrons. The van der Waals surface area contributed by atoms with Crippen LogP contribution in [0.4, 0.5) is 5.69 Å². The molecule has 1 N–H and O–H groups in total. The van der Waals surface area contributed by atoms with Crippen molar-refractivity contribution in [1.82, 2.24) is 0 Å². The third-order valence-electron chi connectivity index (χ3n) is 5.18. The topological polar surface area (TPSA) is 63.5 Å². The van der Waals surface area contributed by atoms with Crippen LogP contribution in [0.2, 0.25) is 5.02 Å². The standard InChI is InChI=1S/C20H19ClN2O3/c21-16-2-1-3-17(15(16)11-22)23-12-20(6-8-24-9-7-20)14-4-5-18-19(10-14)26-13-25-18/h1-5,10,23H,6-9,12-13H2. The van der Waals surface area contributed by atoms with E-state index in [-0.39, 0.29) is 12.2 Å². The Morgan fingerprint density at radius 1 is 1.12 bits per heavy atom. The first-order valence-corrected chi connectivity index (χ1v) is 9.00. The molecule has 26 heavy (non-hydrogen) atoms. The molecular weight excluding hydrogens is 352 g/mol. The van der Waals surface area contributed by atoms with Gasteiger partial charge in [-0.2, -0.15) is 5.26 Å². The first-order valence-electron chi connectivity index (χ1n) is 8.62. The van der Waals surface area contributed by atoms with Crippen molar-refractivity contribution >= 4 is 17.3 Å². The minimum atomic E-state index is -0.103. The maximum Gasteiger partial charge on any atom is 0.231 e. The Labute approximate surface area is 157 Å². The van der Waals surface area contributed by atoms with Gasteiger partial charge in [0.2, 0.25) is 6.79 Å². The fourth-order valence-electron chi connectivity index (χ4n) is 3.61. The Hall–Kier alpha value is -2.42. The number of halogens is 1. The molecule has 6 heteroatoms. The van der Waals surface area contributed by atoms with Gasteiger partial charge in [-0.25, -0.2) is 0 Å². The molecule has 2 aromatic rings. The minimum absolute atomic E-state index is 0.103. The third-order valence-corrected chi connectivity index (χ3v) is 5.49. The Morgan fingerprint density at radius 3 is 2.73 bits per heavy atom. The maximum atomic E-state index is 9.40. The Balaban J connectivity index is 1.64. The molecule has 0 amide bonds. The number of hydrogen-bond donors (Lipinski definition) is 1. The molecule has 0 aliphatic carbocycles. The fourth-order valence-corrected chi connectivity index (χ4v) is 3.82. The lowest BCUT2D eigenvalue weighted by Gasteiger charge is -2.38. The van der Waals surface area contributed by atoms with Gasteiger partial charge in [0.25, 0.3) is 0 Å². The van der Waals surface area contributed by atoms with Crippen LogP contribution in [0.25, 0.3) is 0 Å². The normalized spacial score (nSPS) is 17.5.